The highest BCUT2D eigenvalue weighted by Crippen LogP contribution is 2.26. The van der Waals surface area contributed by atoms with E-state index in [1.807, 2.05) is 0 Å². The van der Waals surface area contributed by atoms with E-state index in [9.17, 15) is 13.2 Å². The van der Waals surface area contributed by atoms with E-state index >= 15 is 0 Å². The van der Waals surface area contributed by atoms with Gasteiger partial charge in [0.05, 0.1) is 12.6 Å². The van der Waals surface area contributed by atoms with Crippen molar-refractivity contribution in [3.63, 3.8) is 0 Å². The average Bonchev–Trinajstić information content (AvgIpc) is 2.73. The Morgan fingerprint density at radius 2 is 2.10 bits per heavy atom. The Morgan fingerprint density at radius 3 is 2.75 bits per heavy atom. The van der Waals surface area contributed by atoms with Gasteiger partial charge in [0.2, 0.25) is 0 Å². The number of hydrogen-bond acceptors (Lipinski definition) is 5. The summed E-state index contributed by atoms with van der Waals surface area (Å²) in [5.74, 6) is -0.0240. The van der Waals surface area contributed by atoms with Crippen molar-refractivity contribution in [3.8, 4) is 11.5 Å². The van der Waals surface area contributed by atoms with E-state index in [0.29, 0.717) is 25.4 Å². The molecule has 5 nitrogen and oxygen atoms in total. The largest absolute Gasteiger partial charge is 0.573 e. The van der Waals surface area contributed by atoms with Crippen LogP contribution in [0.15, 0.2) is 29.3 Å². The van der Waals surface area contributed by atoms with Crippen LogP contribution in [0.2, 0.25) is 0 Å². The first-order valence-electron chi connectivity index (χ1n) is 5.87. The molecule has 0 unspecified atom stereocenters. The summed E-state index contributed by atoms with van der Waals surface area (Å²) in [4.78, 5) is 4.00. The fraction of sp³-hybridized carbons (Fsp3) is 0.417. The first kappa shape index (κ1) is 14.3. The molecular formula is C12H13F3N2O3. The van der Waals surface area contributed by atoms with E-state index in [0.717, 1.165) is 0 Å². The van der Waals surface area contributed by atoms with Crippen LogP contribution in [0, 0.1) is 0 Å². The topological polar surface area (TPSA) is 66.1 Å². The van der Waals surface area contributed by atoms with E-state index in [1.165, 1.54) is 18.2 Å². The maximum atomic E-state index is 12.1. The van der Waals surface area contributed by atoms with E-state index < -0.39 is 6.36 Å². The summed E-state index contributed by atoms with van der Waals surface area (Å²) in [7, 11) is 0. The minimum absolute atomic E-state index is 0.0791. The number of nitrogens with zero attached hydrogens (tertiary/aromatic N) is 1. The Morgan fingerprint density at radius 1 is 1.35 bits per heavy atom. The zero-order valence-electron chi connectivity index (χ0n) is 10.4. The number of alkyl halides is 3. The molecule has 0 bridgehead atoms. The van der Waals surface area contributed by atoms with E-state index in [-0.39, 0.29) is 17.8 Å². The molecule has 110 valence electrons. The quantitative estimate of drug-likeness (QED) is 0.901. The molecule has 1 heterocycles. The molecule has 1 aromatic rings. The fourth-order valence-electron chi connectivity index (χ4n) is 1.66. The highest BCUT2D eigenvalue weighted by molar-refractivity contribution is 5.72. The van der Waals surface area contributed by atoms with Crippen molar-refractivity contribution in [1.29, 1.82) is 0 Å². The number of rotatable bonds is 5. The lowest BCUT2D eigenvalue weighted by atomic mass is 10.2. The van der Waals surface area contributed by atoms with Crippen LogP contribution in [-0.4, -0.2) is 31.6 Å². The predicted molar refractivity (Wildman–Crippen MR) is 64.6 cm³/mol. The van der Waals surface area contributed by atoms with Crippen molar-refractivity contribution in [2.45, 2.75) is 18.8 Å². The fourth-order valence-corrected chi connectivity index (χ4v) is 1.66. The summed E-state index contributed by atoms with van der Waals surface area (Å²) < 4.78 is 50.3. The standard InChI is InChI=1S/C12H13F3N2O3/c13-12(14,15)20-10-3-1-2-9(6-10)18-5-4-8-7-19-11(16)17-8/h1-3,6,8H,4-5,7H2,(H2,16,17)/t8-/m0/s1. The first-order chi connectivity index (χ1) is 9.42. The monoisotopic (exact) mass is 290 g/mol. The van der Waals surface area contributed by atoms with Gasteiger partial charge in [-0.05, 0) is 12.1 Å². The highest BCUT2D eigenvalue weighted by Gasteiger charge is 2.31. The Hall–Kier alpha value is -2.12. The number of amidine groups is 1. The molecule has 0 aromatic heterocycles. The minimum Gasteiger partial charge on any atom is -0.493 e. The van der Waals surface area contributed by atoms with Gasteiger partial charge < -0.3 is 19.9 Å². The lowest BCUT2D eigenvalue weighted by molar-refractivity contribution is -0.274. The SMILES string of the molecule is NC1=N[C@@H](CCOc2cccc(OC(F)(F)F)c2)CO1. The number of hydrogen-bond donors (Lipinski definition) is 1. The molecule has 20 heavy (non-hydrogen) atoms. The summed E-state index contributed by atoms with van der Waals surface area (Å²) in [5.41, 5.74) is 5.35. The minimum atomic E-state index is -4.72. The van der Waals surface area contributed by atoms with Crippen molar-refractivity contribution >= 4 is 6.02 Å². The zero-order chi connectivity index (χ0) is 14.6. The third kappa shape index (κ3) is 4.52. The van der Waals surface area contributed by atoms with Gasteiger partial charge >= 0.3 is 6.36 Å². The second-order valence-corrected chi connectivity index (χ2v) is 4.09. The van der Waals surface area contributed by atoms with Gasteiger partial charge in [0, 0.05) is 12.5 Å². The maximum absolute atomic E-state index is 12.1. The molecule has 1 atom stereocenters. The third-order valence-electron chi connectivity index (χ3n) is 2.49. The molecule has 1 aliphatic heterocycles. The second-order valence-electron chi connectivity index (χ2n) is 4.09. The Kier molecular flexibility index (Phi) is 4.21. The summed E-state index contributed by atoms with van der Waals surface area (Å²) in [6.45, 7) is 0.687. The Labute approximate surface area is 113 Å². The molecule has 0 spiro atoms. The van der Waals surface area contributed by atoms with Crippen LogP contribution >= 0.6 is 0 Å². The second kappa shape index (κ2) is 5.89. The zero-order valence-corrected chi connectivity index (χ0v) is 10.4. The summed E-state index contributed by atoms with van der Waals surface area (Å²) in [6.07, 6.45) is -4.16. The van der Waals surface area contributed by atoms with E-state index in [4.69, 9.17) is 15.2 Å². The van der Waals surface area contributed by atoms with Gasteiger partial charge in [-0.2, -0.15) is 0 Å². The van der Waals surface area contributed by atoms with Crippen molar-refractivity contribution in [2.75, 3.05) is 13.2 Å². The van der Waals surface area contributed by atoms with Crippen LogP contribution < -0.4 is 15.2 Å². The maximum Gasteiger partial charge on any atom is 0.573 e. The van der Waals surface area contributed by atoms with Crippen LogP contribution in [0.3, 0.4) is 0 Å². The summed E-state index contributed by atoms with van der Waals surface area (Å²) in [6, 6.07) is 5.42. The van der Waals surface area contributed by atoms with E-state index in [1.54, 1.807) is 6.07 Å². The number of ether oxygens (including phenoxy) is 3. The molecule has 0 aliphatic carbocycles. The van der Waals surface area contributed by atoms with Gasteiger partial charge in [-0.1, -0.05) is 6.07 Å². The molecule has 0 fully saturated rings. The first-order valence-corrected chi connectivity index (χ1v) is 5.87. The molecule has 0 saturated heterocycles. The lowest BCUT2D eigenvalue weighted by Gasteiger charge is -2.11. The summed E-state index contributed by atoms with van der Waals surface area (Å²) >= 11 is 0. The van der Waals surface area contributed by atoms with Crippen molar-refractivity contribution in [2.24, 2.45) is 10.7 Å². The average molecular weight is 290 g/mol. The molecule has 2 rings (SSSR count). The number of nitrogens with two attached hydrogens (primary N) is 1. The van der Waals surface area contributed by atoms with Crippen LogP contribution in [0.4, 0.5) is 13.2 Å². The van der Waals surface area contributed by atoms with Crippen LogP contribution in [0.5, 0.6) is 11.5 Å². The third-order valence-corrected chi connectivity index (χ3v) is 2.49. The van der Waals surface area contributed by atoms with Gasteiger partial charge in [0.15, 0.2) is 0 Å². The molecule has 2 N–H and O–H groups in total. The number of benzene rings is 1. The van der Waals surface area contributed by atoms with Crippen LogP contribution in [0.1, 0.15) is 6.42 Å². The predicted octanol–water partition coefficient (Wildman–Crippen LogP) is 2.07. The molecule has 1 aliphatic rings. The normalized spacial score (nSPS) is 18.4. The van der Waals surface area contributed by atoms with Gasteiger partial charge in [0.1, 0.15) is 18.1 Å². The molecular weight excluding hydrogens is 277 g/mol. The van der Waals surface area contributed by atoms with Gasteiger partial charge in [-0.25, -0.2) is 4.99 Å². The molecule has 1 aromatic carbocycles. The van der Waals surface area contributed by atoms with Gasteiger partial charge in [0.25, 0.3) is 6.02 Å². The highest BCUT2D eigenvalue weighted by atomic mass is 19.4. The molecule has 0 saturated carbocycles. The van der Waals surface area contributed by atoms with Gasteiger partial charge in [-0.15, -0.1) is 13.2 Å². The molecule has 0 amide bonds. The smallest absolute Gasteiger partial charge is 0.493 e. The molecule has 0 radical (unpaired) electrons. The van der Waals surface area contributed by atoms with E-state index in [2.05, 4.69) is 9.73 Å². The van der Waals surface area contributed by atoms with Crippen LogP contribution in [0.25, 0.3) is 0 Å². The molecule has 8 heteroatoms. The van der Waals surface area contributed by atoms with Crippen molar-refractivity contribution in [1.82, 2.24) is 0 Å². The number of halogens is 3. The number of aliphatic imine (C=N–C) groups is 1. The van der Waals surface area contributed by atoms with Crippen LogP contribution in [-0.2, 0) is 4.74 Å². The lowest BCUT2D eigenvalue weighted by Crippen LogP contribution is -2.17. The summed E-state index contributed by atoms with van der Waals surface area (Å²) in [5, 5.41) is 0. The van der Waals surface area contributed by atoms with Crippen molar-refractivity contribution in [3.05, 3.63) is 24.3 Å². The van der Waals surface area contributed by atoms with Gasteiger partial charge in [-0.3, -0.25) is 0 Å². The van der Waals surface area contributed by atoms with Crippen molar-refractivity contribution < 1.29 is 27.4 Å². The Bertz CT molecular complexity index is 491. The Balaban J connectivity index is 1.82.